The number of aromatic nitrogens is 1. The largest absolute Gasteiger partial charge is 0.493 e. The fourth-order valence-electron chi connectivity index (χ4n) is 4.09. The Balaban J connectivity index is 2.03. The summed E-state index contributed by atoms with van der Waals surface area (Å²) in [5.74, 6) is 0.222. The number of fused-ring (bicyclic) bond motifs is 1. The molecule has 0 saturated heterocycles. The van der Waals surface area contributed by atoms with Gasteiger partial charge in [-0.2, -0.15) is 0 Å². The van der Waals surface area contributed by atoms with Gasteiger partial charge in [-0.3, -0.25) is 14.9 Å². The summed E-state index contributed by atoms with van der Waals surface area (Å²) in [5.41, 5.74) is 1.07. The second-order valence-corrected chi connectivity index (χ2v) is 9.99. The average Bonchev–Trinajstić information content (AvgIpc) is 3.24. The van der Waals surface area contributed by atoms with Crippen LogP contribution in [0.4, 0.5) is 5.69 Å². The molecule has 38 heavy (non-hydrogen) atoms. The van der Waals surface area contributed by atoms with Crippen molar-refractivity contribution in [2.45, 2.75) is 11.8 Å². The minimum Gasteiger partial charge on any atom is -0.493 e. The first kappa shape index (κ1) is 26.4. The monoisotopic (exact) mass is 532 g/mol. The normalized spacial score (nSPS) is 11.9. The van der Waals surface area contributed by atoms with Crippen LogP contribution in [0.2, 0.25) is 0 Å². The quantitative estimate of drug-likeness (QED) is 0.157. The molecule has 0 aliphatic heterocycles. The van der Waals surface area contributed by atoms with Crippen LogP contribution in [0.25, 0.3) is 29.1 Å². The highest BCUT2D eigenvalue weighted by Gasteiger charge is 2.25. The molecule has 9 nitrogen and oxygen atoms in total. The highest BCUT2D eigenvalue weighted by molar-refractivity contribution is 7.90. The predicted molar refractivity (Wildman–Crippen MR) is 146 cm³/mol. The van der Waals surface area contributed by atoms with Crippen LogP contribution in [0.3, 0.4) is 0 Å². The summed E-state index contributed by atoms with van der Waals surface area (Å²) in [4.78, 5) is 23.2. The molecule has 1 heterocycles. The highest BCUT2D eigenvalue weighted by atomic mass is 32.2. The molecule has 0 aliphatic carbocycles. The number of methoxy groups -OCH3 is 2. The third-order valence-electron chi connectivity index (χ3n) is 5.82. The minimum atomic E-state index is -4.07. The molecule has 194 valence electrons. The lowest BCUT2D eigenvalue weighted by atomic mass is 10.1. The SMILES string of the molecule is COc1cc(/C=C/c2c(/C=C/C(C)=O)n(S(=O)(=O)c3ccccc3)c3ccccc23)c([N+](=O)[O-])cc1OC. The Kier molecular flexibility index (Phi) is 7.45. The van der Waals surface area contributed by atoms with Gasteiger partial charge in [0.05, 0.1) is 46.9 Å². The summed E-state index contributed by atoms with van der Waals surface area (Å²) in [6.45, 7) is 1.36. The summed E-state index contributed by atoms with van der Waals surface area (Å²) in [6, 6.07) is 17.6. The summed E-state index contributed by atoms with van der Waals surface area (Å²) >= 11 is 0. The zero-order valence-corrected chi connectivity index (χ0v) is 21.6. The zero-order valence-electron chi connectivity index (χ0n) is 20.8. The summed E-state index contributed by atoms with van der Waals surface area (Å²) in [6.07, 6.45) is 5.81. The highest BCUT2D eigenvalue weighted by Crippen LogP contribution is 2.37. The van der Waals surface area contributed by atoms with Crippen LogP contribution in [0.1, 0.15) is 23.7 Å². The molecular weight excluding hydrogens is 508 g/mol. The van der Waals surface area contributed by atoms with E-state index in [1.807, 2.05) is 0 Å². The molecule has 0 bridgehead atoms. The van der Waals surface area contributed by atoms with E-state index in [0.29, 0.717) is 22.2 Å². The fourth-order valence-corrected chi connectivity index (χ4v) is 5.64. The molecule has 4 rings (SSSR count). The van der Waals surface area contributed by atoms with Gasteiger partial charge >= 0.3 is 0 Å². The van der Waals surface area contributed by atoms with Gasteiger partial charge in [-0.1, -0.05) is 42.5 Å². The van der Waals surface area contributed by atoms with Crippen molar-refractivity contribution < 1.29 is 27.6 Å². The number of para-hydroxylation sites is 1. The van der Waals surface area contributed by atoms with Gasteiger partial charge in [-0.05, 0) is 49.4 Å². The van der Waals surface area contributed by atoms with Gasteiger partial charge in [0.25, 0.3) is 15.7 Å². The van der Waals surface area contributed by atoms with Gasteiger partial charge in [0.15, 0.2) is 17.3 Å². The zero-order chi connectivity index (χ0) is 27.4. The van der Waals surface area contributed by atoms with Gasteiger partial charge in [0, 0.05) is 10.9 Å². The van der Waals surface area contributed by atoms with Gasteiger partial charge < -0.3 is 9.47 Å². The van der Waals surface area contributed by atoms with E-state index in [4.69, 9.17) is 9.47 Å². The summed E-state index contributed by atoms with van der Waals surface area (Å²) in [7, 11) is -1.27. The number of nitro groups is 1. The third kappa shape index (κ3) is 4.94. The van der Waals surface area contributed by atoms with E-state index in [-0.39, 0.29) is 33.4 Å². The first-order chi connectivity index (χ1) is 18.2. The Bertz CT molecular complexity index is 1700. The molecule has 0 saturated carbocycles. The van der Waals surface area contributed by atoms with Crippen molar-refractivity contribution in [3.05, 3.63) is 99.7 Å². The lowest BCUT2D eigenvalue weighted by molar-refractivity contribution is -0.385. The van der Waals surface area contributed by atoms with E-state index in [2.05, 4.69) is 0 Å². The predicted octanol–water partition coefficient (Wildman–Crippen LogP) is 5.58. The Morgan fingerprint density at radius 2 is 1.55 bits per heavy atom. The number of ketones is 1. The van der Waals surface area contributed by atoms with Crippen LogP contribution in [-0.2, 0) is 14.8 Å². The number of rotatable bonds is 9. The molecule has 0 N–H and O–H groups in total. The maximum absolute atomic E-state index is 13.8. The molecule has 0 fully saturated rings. The van der Waals surface area contributed by atoms with Crippen LogP contribution < -0.4 is 9.47 Å². The lowest BCUT2D eigenvalue weighted by Gasteiger charge is -2.10. The Morgan fingerprint density at radius 3 is 2.18 bits per heavy atom. The molecule has 0 unspecified atom stereocenters. The van der Waals surface area contributed by atoms with Gasteiger partial charge in [-0.25, -0.2) is 12.4 Å². The van der Waals surface area contributed by atoms with Crippen molar-refractivity contribution in [2.24, 2.45) is 0 Å². The molecular formula is C28H24N2O7S. The van der Waals surface area contributed by atoms with Crippen molar-refractivity contribution in [1.29, 1.82) is 0 Å². The minimum absolute atomic E-state index is 0.0734. The maximum Gasteiger partial charge on any atom is 0.280 e. The molecule has 0 amide bonds. The number of carbonyl (C=O) groups excluding carboxylic acids is 1. The first-order valence-electron chi connectivity index (χ1n) is 11.4. The molecule has 1 aromatic heterocycles. The van der Waals surface area contributed by atoms with Crippen LogP contribution >= 0.6 is 0 Å². The van der Waals surface area contributed by atoms with E-state index in [0.717, 1.165) is 0 Å². The Labute approximate surface area is 219 Å². The molecule has 0 aliphatic rings. The fraction of sp³-hybridized carbons (Fsp3) is 0.107. The van der Waals surface area contributed by atoms with Crippen LogP contribution in [-0.4, -0.2) is 37.3 Å². The number of hydrogen-bond acceptors (Lipinski definition) is 7. The molecule has 0 atom stereocenters. The Hall–Kier alpha value is -4.70. The number of ether oxygens (including phenoxy) is 2. The summed E-state index contributed by atoms with van der Waals surface area (Å²) < 4.78 is 39.3. The lowest BCUT2D eigenvalue weighted by Crippen LogP contribution is -2.14. The van der Waals surface area contributed by atoms with Crippen molar-refractivity contribution in [3.63, 3.8) is 0 Å². The van der Waals surface area contributed by atoms with E-state index in [1.54, 1.807) is 48.5 Å². The number of nitro benzene ring substituents is 1. The molecule has 10 heteroatoms. The number of nitrogens with zero attached hydrogens (tertiary/aromatic N) is 2. The van der Waals surface area contributed by atoms with Crippen molar-refractivity contribution in [1.82, 2.24) is 3.97 Å². The maximum atomic E-state index is 13.8. The molecule has 0 radical (unpaired) electrons. The van der Waals surface area contributed by atoms with E-state index < -0.39 is 14.9 Å². The standard InChI is InChI=1S/C28H24N2O7S/c1-19(31)13-16-25-23(15-14-20-17-27(36-2)28(37-3)18-26(20)30(32)33)22-11-7-8-12-24(22)29(25)38(34,35)21-9-5-4-6-10-21/h4-18H,1-3H3/b15-14+,16-13+. The van der Waals surface area contributed by atoms with E-state index in [9.17, 15) is 23.3 Å². The third-order valence-corrected chi connectivity index (χ3v) is 7.57. The smallest absolute Gasteiger partial charge is 0.280 e. The average molecular weight is 533 g/mol. The van der Waals surface area contributed by atoms with Crippen molar-refractivity contribution in [3.8, 4) is 11.5 Å². The van der Waals surface area contributed by atoms with Gasteiger partial charge in [0.2, 0.25) is 0 Å². The number of hydrogen-bond donors (Lipinski definition) is 0. The van der Waals surface area contributed by atoms with Crippen molar-refractivity contribution >= 4 is 50.6 Å². The Morgan fingerprint density at radius 1 is 0.921 bits per heavy atom. The van der Waals surface area contributed by atoms with E-state index in [1.165, 1.54) is 67.6 Å². The second kappa shape index (κ2) is 10.7. The molecule has 0 spiro atoms. The molecule has 3 aromatic carbocycles. The van der Waals surface area contributed by atoms with Gasteiger partial charge in [-0.15, -0.1) is 0 Å². The number of allylic oxidation sites excluding steroid dienone is 1. The van der Waals surface area contributed by atoms with Crippen molar-refractivity contribution in [2.75, 3.05) is 14.2 Å². The van der Waals surface area contributed by atoms with Crippen LogP contribution in [0, 0.1) is 10.1 Å². The number of benzene rings is 3. The van der Waals surface area contributed by atoms with Crippen LogP contribution in [0.15, 0.2) is 77.7 Å². The second-order valence-electron chi connectivity index (χ2n) is 8.20. The number of carbonyl (C=O) groups is 1. The van der Waals surface area contributed by atoms with Crippen LogP contribution in [0.5, 0.6) is 11.5 Å². The molecule has 4 aromatic rings. The summed E-state index contributed by atoms with van der Waals surface area (Å²) in [5, 5.41) is 12.4. The van der Waals surface area contributed by atoms with E-state index >= 15 is 0 Å². The van der Waals surface area contributed by atoms with Gasteiger partial charge in [0.1, 0.15) is 0 Å². The topological polar surface area (TPSA) is 118 Å². The first-order valence-corrected chi connectivity index (χ1v) is 12.8.